The summed E-state index contributed by atoms with van der Waals surface area (Å²) in [5.41, 5.74) is 5.70. The van der Waals surface area contributed by atoms with Gasteiger partial charge in [-0.3, -0.25) is 4.79 Å². The lowest BCUT2D eigenvalue weighted by Crippen LogP contribution is -2.35. The molecule has 162 valence electrons. The molecule has 0 aliphatic rings. The largest absolute Gasteiger partial charge is 0.356 e. The first-order valence-corrected chi connectivity index (χ1v) is 11.9. The summed E-state index contributed by atoms with van der Waals surface area (Å²) in [6, 6.07) is 0. The summed E-state index contributed by atoms with van der Waals surface area (Å²) >= 11 is 0. The van der Waals surface area contributed by atoms with Gasteiger partial charge in [0.15, 0.2) is 0 Å². The highest BCUT2D eigenvalue weighted by atomic mass is 16.1. The van der Waals surface area contributed by atoms with Crippen molar-refractivity contribution in [1.29, 1.82) is 0 Å². The quantitative estimate of drug-likeness (QED) is 0.266. The topological polar surface area (TPSA) is 58.4 Å². The van der Waals surface area contributed by atoms with Gasteiger partial charge in [-0.25, -0.2) is 0 Å². The molecule has 0 radical (unpaired) electrons. The number of carbonyl (C=O) groups is 1. The Bertz CT molecular complexity index is 310. The predicted molar refractivity (Wildman–Crippen MR) is 119 cm³/mol. The fraction of sp³-hybridized carbons (Fsp3) is 0.957. The van der Waals surface area contributed by atoms with Crippen LogP contribution in [0.5, 0.6) is 0 Å². The maximum absolute atomic E-state index is 12.0. The monoisotopic (exact) mass is 383 g/mol. The van der Waals surface area contributed by atoms with Crippen molar-refractivity contribution in [2.24, 2.45) is 5.73 Å². The third kappa shape index (κ3) is 19.9. The summed E-state index contributed by atoms with van der Waals surface area (Å²) in [6.45, 7) is 8.82. The summed E-state index contributed by atoms with van der Waals surface area (Å²) in [4.78, 5) is 14.4. The first-order valence-electron chi connectivity index (χ1n) is 11.9. The van der Waals surface area contributed by atoms with Gasteiger partial charge in [0.2, 0.25) is 5.91 Å². The van der Waals surface area contributed by atoms with Crippen LogP contribution in [0, 0.1) is 0 Å². The Labute approximate surface area is 170 Å². The van der Waals surface area contributed by atoms with Gasteiger partial charge in [0.05, 0.1) is 0 Å². The lowest BCUT2D eigenvalue weighted by molar-refractivity contribution is -0.121. The molecule has 4 nitrogen and oxygen atoms in total. The van der Waals surface area contributed by atoms with Crippen molar-refractivity contribution >= 4 is 5.91 Å². The van der Waals surface area contributed by atoms with Gasteiger partial charge in [-0.1, -0.05) is 90.9 Å². The molecule has 0 bridgehead atoms. The molecule has 3 N–H and O–H groups in total. The van der Waals surface area contributed by atoms with Crippen molar-refractivity contribution < 1.29 is 4.79 Å². The SMILES string of the molecule is CCCCCCCCCCCCNC(=O)CCN(CCN)CCCCCC. The highest BCUT2D eigenvalue weighted by Crippen LogP contribution is 2.10. The highest BCUT2D eigenvalue weighted by Gasteiger charge is 2.07. The molecule has 0 aromatic heterocycles. The summed E-state index contributed by atoms with van der Waals surface area (Å²) < 4.78 is 0. The molecule has 0 aromatic rings. The molecular formula is C23H49N3O. The lowest BCUT2D eigenvalue weighted by Gasteiger charge is -2.21. The molecule has 0 fully saturated rings. The van der Waals surface area contributed by atoms with Gasteiger partial charge in [0, 0.05) is 32.6 Å². The zero-order valence-electron chi connectivity index (χ0n) is 18.6. The van der Waals surface area contributed by atoms with E-state index in [0.717, 1.165) is 32.6 Å². The number of amides is 1. The van der Waals surface area contributed by atoms with Crippen LogP contribution in [0.25, 0.3) is 0 Å². The maximum Gasteiger partial charge on any atom is 0.221 e. The minimum atomic E-state index is 0.196. The van der Waals surface area contributed by atoms with E-state index in [9.17, 15) is 4.79 Å². The number of carbonyl (C=O) groups excluding carboxylic acids is 1. The number of hydrogen-bond acceptors (Lipinski definition) is 3. The maximum atomic E-state index is 12.0. The Morgan fingerprint density at radius 1 is 0.704 bits per heavy atom. The van der Waals surface area contributed by atoms with Crippen LogP contribution in [0.4, 0.5) is 0 Å². The van der Waals surface area contributed by atoms with E-state index in [1.54, 1.807) is 0 Å². The molecule has 0 rings (SSSR count). The Kier molecular flexibility index (Phi) is 21.2. The summed E-state index contributed by atoms with van der Waals surface area (Å²) in [7, 11) is 0. The second-order valence-electron chi connectivity index (χ2n) is 7.97. The Balaban J connectivity index is 3.50. The molecule has 0 saturated heterocycles. The molecule has 0 aromatic carbocycles. The zero-order valence-corrected chi connectivity index (χ0v) is 18.6. The van der Waals surface area contributed by atoms with Crippen LogP contribution in [-0.4, -0.2) is 43.5 Å². The van der Waals surface area contributed by atoms with E-state index in [0.29, 0.717) is 13.0 Å². The molecule has 4 heteroatoms. The lowest BCUT2D eigenvalue weighted by atomic mass is 10.1. The van der Waals surface area contributed by atoms with Crippen LogP contribution >= 0.6 is 0 Å². The fourth-order valence-electron chi connectivity index (χ4n) is 3.47. The van der Waals surface area contributed by atoms with E-state index < -0.39 is 0 Å². The van der Waals surface area contributed by atoms with Crippen molar-refractivity contribution in [3.63, 3.8) is 0 Å². The van der Waals surface area contributed by atoms with Gasteiger partial charge in [-0.2, -0.15) is 0 Å². The molecular weight excluding hydrogens is 334 g/mol. The van der Waals surface area contributed by atoms with Crippen molar-refractivity contribution in [3.05, 3.63) is 0 Å². The van der Waals surface area contributed by atoms with E-state index in [1.165, 1.54) is 83.5 Å². The first-order chi connectivity index (χ1) is 13.2. The van der Waals surface area contributed by atoms with Crippen LogP contribution in [0.3, 0.4) is 0 Å². The van der Waals surface area contributed by atoms with Gasteiger partial charge in [0.25, 0.3) is 0 Å². The average molecular weight is 384 g/mol. The molecule has 0 spiro atoms. The molecule has 0 aliphatic carbocycles. The van der Waals surface area contributed by atoms with E-state index >= 15 is 0 Å². The summed E-state index contributed by atoms with van der Waals surface area (Å²) in [6.07, 6.45) is 19.0. The van der Waals surface area contributed by atoms with Crippen LogP contribution in [0.1, 0.15) is 110 Å². The van der Waals surface area contributed by atoms with Crippen molar-refractivity contribution in [2.45, 2.75) is 110 Å². The number of nitrogens with one attached hydrogen (secondary N) is 1. The fourth-order valence-corrected chi connectivity index (χ4v) is 3.47. The Morgan fingerprint density at radius 2 is 1.22 bits per heavy atom. The van der Waals surface area contributed by atoms with E-state index in [1.807, 2.05) is 0 Å². The molecule has 0 heterocycles. The molecule has 0 unspecified atom stereocenters. The number of nitrogens with two attached hydrogens (primary N) is 1. The third-order valence-corrected chi connectivity index (χ3v) is 5.28. The van der Waals surface area contributed by atoms with Crippen molar-refractivity contribution in [2.75, 3.05) is 32.7 Å². The predicted octanol–water partition coefficient (Wildman–Crippen LogP) is 5.25. The van der Waals surface area contributed by atoms with Gasteiger partial charge >= 0.3 is 0 Å². The number of nitrogens with zero attached hydrogens (tertiary/aromatic N) is 1. The van der Waals surface area contributed by atoms with Gasteiger partial charge < -0.3 is 16.0 Å². The third-order valence-electron chi connectivity index (χ3n) is 5.28. The van der Waals surface area contributed by atoms with Crippen molar-refractivity contribution in [1.82, 2.24) is 10.2 Å². The van der Waals surface area contributed by atoms with Crippen LogP contribution in [-0.2, 0) is 4.79 Å². The first kappa shape index (κ1) is 26.4. The van der Waals surface area contributed by atoms with E-state index in [4.69, 9.17) is 5.73 Å². The highest BCUT2D eigenvalue weighted by molar-refractivity contribution is 5.75. The van der Waals surface area contributed by atoms with Gasteiger partial charge in [-0.15, -0.1) is 0 Å². The second kappa shape index (κ2) is 21.7. The molecule has 0 saturated carbocycles. The van der Waals surface area contributed by atoms with Crippen LogP contribution < -0.4 is 11.1 Å². The average Bonchev–Trinajstić information content (AvgIpc) is 2.67. The Hall–Kier alpha value is -0.610. The molecule has 0 aliphatic heterocycles. The van der Waals surface area contributed by atoms with Crippen LogP contribution in [0.15, 0.2) is 0 Å². The Morgan fingerprint density at radius 3 is 1.78 bits per heavy atom. The number of rotatable bonds is 21. The van der Waals surface area contributed by atoms with Gasteiger partial charge in [0.1, 0.15) is 0 Å². The van der Waals surface area contributed by atoms with Gasteiger partial charge in [-0.05, 0) is 19.4 Å². The molecule has 0 atom stereocenters. The zero-order chi connectivity index (χ0) is 20.0. The second-order valence-corrected chi connectivity index (χ2v) is 7.97. The summed E-state index contributed by atoms with van der Waals surface area (Å²) in [5, 5.41) is 3.08. The normalized spacial score (nSPS) is 11.3. The molecule has 27 heavy (non-hydrogen) atoms. The minimum absolute atomic E-state index is 0.196. The number of hydrogen-bond donors (Lipinski definition) is 2. The van der Waals surface area contributed by atoms with Crippen molar-refractivity contribution in [3.8, 4) is 0 Å². The van der Waals surface area contributed by atoms with E-state index in [-0.39, 0.29) is 5.91 Å². The smallest absolute Gasteiger partial charge is 0.221 e. The standard InChI is InChI=1S/C23H49N3O/c1-3-5-7-9-10-11-12-13-14-15-19-25-23(27)17-21-26(22-18-24)20-16-8-6-4-2/h3-22,24H2,1-2H3,(H,25,27). The van der Waals surface area contributed by atoms with Crippen LogP contribution in [0.2, 0.25) is 0 Å². The summed E-state index contributed by atoms with van der Waals surface area (Å²) in [5.74, 6) is 0.196. The minimum Gasteiger partial charge on any atom is -0.356 e. The van der Waals surface area contributed by atoms with E-state index in [2.05, 4.69) is 24.1 Å². The molecule has 1 amide bonds. The number of unbranched alkanes of at least 4 members (excludes halogenated alkanes) is 12.